The van der Waals surface area contributed by atoms with Gasteiger partial charge in [-0.1, -0.05) is 19.1 Å². The van der Waals surface area contributed by atoms with Gasteiger partial charge in [-0.15, -0.1) is 0 Å². The van der Waals surface area contributed by atoms with Crippen molar-refractivity contribution >= 4 is 17.7 Å². The van der Waals surface area contributed by atoms with Gasteiger partial charge in [0.25, 0.3) is 5.91 Å². The van der Waals surface area contributed by atoms with Gasteiger partial charge >= 0.3 is 0 Å². The molecule has 2 aliphatic rings. The van der Waals surface area contributed by atoms with E-state index in [0.717, 1.165) is 29.0 Å². The minimum absolute atomic E-state index is 0.0955. The van der Waals surface area contributed by atoms with Crippen LogP contribution in [-0.4, -0.2) is 76.8 Å². The number of aryl methyl sites for hydroxylation is 1. The number of aromatic nitrogens is 2. The van der Waals surface area contributed by atoms with Crippen LogP contribution in [0.1, 0.15) is 53.5 Å². The summed E-state index contributed by atoms with van der Waals surface area (Å²) in [6.45, 7) is 6.13. The van der Waals surface area contributed by atoms with Crippen molar-refractivity contribution in [3.8, 4) is 5.75 Å². The predicted molar refractivity (Wildman–Crippen MR) is 132 cm³/mol. The molecule has 2 aliphatic heterocycles. The quantitative estimate of drug-likeness (QED) is 0.565. The molecular weight excluding hydrogens is 462 g/mol. The van der Waals surface area contributed by atoms with Crippen molar-refractivity contribution in [2.75, 3.05) is 39.5 Å². The van der Waals surface area contributed by atoms with E-state index in [-0.39, 0.29) is 30.6 Å². The molecule has 2 aromatic rings. The number of nitrogens with one attached hydrogen (secondary N) is 1. The Labute approximate surface area is 211 Å². The Bertz CT molecular complexity index is 1080. The van der Waals surface area contributed by atoms with Crippen LogP contribution in [0, 0.1) is 0 Å². The first-order valence-corrected chi connectivity index (χ1v) is 12.6. The maximum atomic E-state index is 13.1. The number of carbonyl (C=O) groups is 3. The molecular formula is C26H35N5O5. The molecule has 1 fully saturated rings. The average Bonchev–Trinajstić information content (AvgIpc) is 3.25. The Balaban J connectivity index is 1.27. The van der Waals surface area contributed by atoms with Crippen molar-refractivity contribution in [1.29, 1.82) is 0 Å². The fraction of sp³-hybridized carbons (Fsp3) is 0.538. The molecule has 0 unspecified atom stereocenters. The monoisotopic (exact) mass is 497 g/mol. The minimum atomic E-state index is -0.170. The molecule has 1 aromatic carbocycles. The van der Waals surface area contributed by atoms with Crippen LogP contribution in [0.3, 0.4) is 0 Å². The third-order valence-electron chi connectivity index (χ3n) is 6.55. The van der Waals surface area contributed by atoms with E-state index in [2.05, 4.69) is 17.3 Å². The van der Waals surface area contributed by atoms with Crippen molar-refractivity contribution in [2.24, 2.45) is 7.05 Å². The lowest BCUT2D eigenvalue weighted by Gasteiger charge is -2.29. The molecule has 4 rings (SSSR count). The van der Waals surface area contributed by atoms with Crippen molar-refractivity contribution in [3.05, 3.63) is 46.8 Å². The topological polar surface area (TPSA) is 106 Å². The molecule has 0 atom stereocenters. The maximum absolute atomic E-state index is 13.1. The van der Waals surface area contributed by atoms with Crippen molar-refractivity contribution in [1.82, 2.24) is 24.9 Å². The fourth-order valence-corrected chi connectivity index (χ4v) is 4.48. The highest BCUT2D eigenvalue weighted by Gasteiger charge is 2.31. The fourth-order valence-electron chi connectivity index (χ4n) is 4.48. The van der Waals surface area contributed by atoms with Gasteiger partial charge in [-0.25, -0.2) is 0 Å². The number of amides is 3. The molecule has 1 N–H and O–H groups in total. The van der Waals surface area contributed by atoms with Crippen LogP contribution < -0.4 is 10.1 Å². The lowest BCUT2D eigenvalue weighted by molar-refractivity contribution is -0.134. The van der Waals surface area contributed by atoms with E-state index in [1.807, 2.05) is 31.3 Å². The molecule has 3 heterocycles. The van der Waals surface area contributed by atoms with Crippen LogP contribution in [-0.2, 0) is 40.9 Å². The molecule has 0 bridgehead atoms. The lowest BCUT2D eigenvalue weighted by Crippen LogP contribution is -2.42. The van der Waals surface area contributed by atoms with Crippen LogP contribution in [0.15, 0.2) is 24.3 Å². The minimum Gasteiger partial charge on any atom is -0.494 e. The summed E-state index contributed by atoms with van der Waals surface area (Å²) in [4.78, 5) is 41.8. The van der Waals surface area contributed by atoms with Crippen LogP contribution in [0.4, 0.5) is 0 Å². The predicted octanol–water partition coefficient (Wildman–Crippen LogP) is 1.66. The normalized spacial score (nSPS) is 15.4. The average molecular weight is 498 g/mol. The number of hydrogen-bond acceptors (Lipinski definition) is 6. The standard InChI is InChI=1S/C26H35N5O5/c1-3-14-36-20-6-4-19(5-7-20)17-27-23(32)8-9-24(33)31-11-10-22-21(18-31)25(28-29(22)2)26(34)30-12-15-35-16-13-30/h4-7H,3,8-18H2,1-2H3,(H,27,32). The SMILES string of the molecule is CCCOc1ccc(CNC(=O)CCC(=O)N2CCc3c(c(C(=O)N4CCOCC4)nn3C)C2)cc1. The highest BCUT2D eigenvalue weighted by molar-refractivity contribution is 5.94. The summed E-state index contributed by atoms with van der Waals surface area (Å²) in [5.74, 6) is 0.429. The van der Waals surface area contributed by atoms with Crippen LogP contribution in [0.5, 0.6) is 5.75 Å². The van der Waals surface area contributed by atoms with Gasteiger partial charge in [0, 0.05) is 70.3 Å². The number of rotatable bonds is 9. The Kier molecular flexibility index (Phi) is 8.58. The number of fused-ring (bicyclic) bond motifs is 1. The number of carbonyl (C=O) groups excluding carboxylic acids is 3. The summed E-state index contributed by atoms with van der Waals surface area (Å²) < 4.78 is 12.7. The third kappa shape index (κ3) is 6.23. The van der Waals surface area contributed by atoms with Crippen LogP contribution in [0.2, 0.25) is 0 Å². The highest BCUT2D eigenvalue weighted by atomic mass is 16.5. The lowest BCUT2D eigenvalue weighted by atomic mass is 10.0. The van der Waals surface area contributed by atoms with Gasteiger partial charge < -0.3 is 24.6 Å². The second-order valence-corrected chi connectivity index (χ2v) is 9.14. The van der Waals surface area contributed by atoms with E-state index in [0.29, 0.717) is 64.7 Å². The zero-order valence-corrected chi connectivity index (χ0v) is 21.1. The number of hydrogen-bond donors (Lipinski definition) is 1. The molecule has 3 amide bonds. The zero-order valence-electron chi connectivity index (χ0n) is 21.1. The number of ether oxygens (including phenoxy) is 2. The van der Waals surface area contributed by atoms with E-state index >= 15 is 0 Å². The summed E-state index contributed by atoms with van der Waals surface area (Å²) in [6, 6.07) is 7.63. The molecule has 10 nitrogen and oxygen atoms in total. The van der Waals surface area contributed by atoms with E-state index in [1.54, 1.807) is 14.5 Å². The molecule has 0 radical (unpaired) electrons. The Morgan fingerprint density at radius 3 is 2.53 bits per heavy atom. The third-order valence-corrected chi connectivity index (χ3v) is 6.55. The van der Waals surface area contributed by atoms with E-state index in [1.165, 1.54) is 0 Å². The smallest absolute Gasteiger partial charge is 0.274 e. The largest absolute Gasteiger partial charge is 0.494 e. The maximum Gasteiger partial charge on any atom is 0.274 e. The summed E-state index contributed by atoms with van der Waals surface area (Å²) in [7, 11) is 1.84. The summed E-state index contributed by atoms with van der Waals surface area (Å²) in [5.41, 5.74) is 3.18. The molecule has 0 spiro atoms. The van der Waals surface area contributed by atoms with Crippen molar-refractivity contribution in [2.45, 2.75) is 45.7 Å². The molecule has 36 heavy (non-hydrogen) atoms. The second kappa shape index (κ2) is 12.0. The zero-order chi connectivity index (χ0) is 25.5. The molecule has 194 valence electrons. The van der Waals surface area contributed by atoms with Gasteiger partial charge in [0.15, 0.2) is 5.69 Å². The van der Waals surface area contributed by atoms with Crippen molar-refractivity contribution in [3.63, 3.8) is 0 Å². The number of benzene rings is 1. The highest BCUT2D eigenvalue weighted by Crippen LogP contribution is 2.24. The summed E-state index contributed by atoms with van der Waals surface area (Å²) in [5, 5.41) is 7.36. The van der Waals surface area contributed by atoms with Gasteiger partial charge in [0.2, 0.25) is 11.8 Å². The van der Waals surface area contributed by atoms with E-state index in [4.69, 9.17) is 9.47 Å². The van der Waals surface area contributed by atoms with Crippen molar-refractivity contribution < 1.29 is 23.9 Å². The van der Waals surface area contributed by atoms with Gasteiger partial charge in [0.1, 0.15) is 5.75 Å². The molecule has 0 saturated carbocycles. The van der Waals surface area contributed by atoms with Gasteiger partial charge in [-0.3, -0.25) is 19.1 Å². The molecule has 1 saturated heterocycles. The van der Waals surface area contributed by atoms with Gasteiger partial charge in [0.05, 0.1) is 19.8 Å². The number of nitrogens with zero attached hydrogens (tertiary/aromatic N) is 4. The van der Waals surface area contributed by atoms with Gasteiger partial charge in [-0.2, -0.15) is 5.10 Å². The van der Waals surface area contributed by atoms with E-state index < -0.39 is 0 Å². The Morgan fingerprint density at radius 1 is 1.06 bits per heavy atom. The van der Waals surface area contributed by atoms with E-state index in [9.17, 15) is 14.4 Å². The molecule has 10 heteroatoms. The first-order valence-electron chi connectivity index (χ1n) is 12.6. The van der Waals surface area contributed by atoms with Crippen LogP contribution >= 0.6 is 0 Å². The van der Waals surface area contributed by atoms with Gasteiger partial charge in [-0.05, 0) is 24.1 Å². The Morgan fingerprint density at radius 2 is 1.81 bits per heavy atom. The summed E-state index contributed by atoms with van der Waals surface area (Å²) >= 11 is 0. The summed E-state index contributed by atoms with van der Waals surface area (Å²) in [6.07, 6.45) is 1.82. The van der Waals surface area contributed by atoms with Crippen LogP contribution in [0.25, 0.3) is 0 Å². The first-order chi connectivity index (χ1) is 17.5. The first kappa shape index (κ1) is 25.7. The molecule has 0 aliphatic carbocycles. The Hall–Kier alpha value is -3.40. The second-order valence-electron chi connectivity index (χ2n) is 9.14. The molecule has 1 aromatic heterocycles. The number of morpholine rings is 1.